The molecule has 0 bridgehead atoms. The third kappa shape index (κ3) is 4.02. The summed E-state index contributed by atoms with van der Waals surface area (Å²) in [7, 11) is 0. The van der Waals surface area contributed by atoms with E-state index >= 15 is 0 Å². The van der Waals surface area contributed by atoms with Crippen LogP contribution in [-0.2, 0) is 6.18 Å². The van der Waals surface area contributed by atoms with Crippen LogP contribution in [0.25, 0.3) is 0 Å². The molecular formula is C11H14Cl2F3NO. The first-order valence-electron chi connectivity index (χ1n) is 5.07. The molecule has 1 rings (SSSR count). The first kappa shape index (κ1) is 17.5. The van der Waals surface area contributed by atoms with E-state index in [0.717, 1.165) is 18.2 Å². The predicted octanol–water partition coefficient (Wildman–Crippen LogP) is 3.55. The summed E-state index contributed by atoms with van der Waals surface area (Å²) in [5.41, 5.74) is 4.94. The van der Waals surface area contributed by atoms with Crippen molar-refractivity contribution < 1.29 is 18.3 Å². The number of hydrogen-bond acceptors (Lipinski definition) is 2. The summed E-state index contributed by atoms with van der Waals surface area (Å²) in [6.45, 7) is 1.69. The number of alkyl halides is 3. The predicted molar refractivity (Wildman–Crippen MR) is 66.9 cm³/mol. The van der Waals surface area contributed by atoms with Crippen molar-refractivity contribution in [3.8, 4) is 0 Å². The van der Waals surface area contributed by atoms with Crippen LogP contribution < -0.4 is 5.73 Å². The Kier molecular flexibility index (Phi) is 6.43. The maximum absolute atomic E-state index is 12.5. The lowest BCUT2D eigenvalue weighted by Crippen LogP contribution is -2.26. The molecule has 0 saturated heterocycles. The highest BCUT2D eigenvalue weighted by Gasteiger charge is 2.32. The van der Waals surface area contributed by atoms with Crippen molar-refractivity contribution in [1.82, 2.24) is 0 Å². The monoisotopic (exact) mass is 303 g/mol. The number of aliphatic hydroxyl groups is 1. The maximum atomic E-state index is 12.5. The van der Waals surface area contributed by atoms with Crippen molar-refractivity contribution in [3.05, 3.63) is 34.3 Å². The molecule has 1 aromatic carbocycles. The van der Waals surface area contributed by atoms with Crippen LogP contribution in [0.2, 0.25) is 5.02 Å². The van der Waals surface area contributed by atoms with Crippen molar-refractivity contribution in [2.75, 3.05) is 0 Å². The molecule has 7 heteroatoms. The van der Waals surface area contributed by atoms with Gasteiger partial charge in [0.1, 0.15) is 0 Å². The van der Waals surface area contributed by atoms with Gasteiger partial charge in [-0.1, -0.05) is 18.5 Å². The number of rotatable bonds is 3. The fourth-order valence-electron chi connectivity index (χ4n) is 1.44. The molecule has 0 radical (unpaired) electrons. The van der Waals surface area contributed by atoms with Crippen LogP contribution in [0.4, 0.5) is 13.2 Å². The van der Waals surface area contributed by atoms with Crippen LogP contribution in [0, 0.1) is 0 Å². The lowest BCUT2D eigenvalue weighted by Gasteiger charge is -2.20. The van der Waals surface area contributed by atoms with E-state index in [4.69, 9.17) is 17.3 Å². The molecule has 1 aromatic rings. The highest BCUT2D eigenvalue weighted by molar-refractivity contribution is 6.31. The van der Waals surface area contributed by atoms with Crippen molar-refractivity contribution in [3.63, 3.8) is 0 Å². The molecule has 0 aliphatic carbocycles. The maximum Gasteiger partial charge on any atom is 0.416 e. The molecule has 0 saturated carbocycles. The smallest absolute Gasteiger partial charge is 0.391 e. The van der Waals surface area contributed by atoms with E-state index < -0.39 is 23.9 Å². The summed E-state index contributed by atoms with van der Waals surface area (Å²) in [6.07, 6.45) is -5.03. The van der Waals surface area contributed by atoms with Gasteiger partial charge < -0.3 is 10.8 Å². The molecule has 18 heavy (non-hydrogen) atoms. The van der Waals surface area contributed by atoms with Gasteiger partial charge in [-0.05, 0) is 30.2 Å². The van der Waals surface area contributed by atoms with Gasteiger partial charge in [-0.15, -0.1) is 12.4 Å². The summed E-state index contributed by atoms with van der Waals surface area (Å²) in [4.78, 5) is 0. The van der Waals surface area contributed by atoms with Crippen molar-refractivity contribution in [2.24, 2.45) is 5.73 Å². The zero-order valence-electron chi connectivity index (χ0n) is 9.54. The molecule has 0 fully saturated rings. The van der Waals surface area contributed by atoms with Crippen LogP contribution >= 0.6 is 24.0 Å². The number of halogens is 5. The van der Waals surface area contributed by atoms with E-state index in [9.17, 15) is 18.3 Å². The van der Waals surface area contributed by atoms with Crippen LogP contribution in [-0.4, -0.2) is 11.2 Å². The second kappa shape index (κ2) is 6.61. The van der Waals surface area contributed by atoms with Gasteiger partial charge >= 0.3 is 6.18 Å². The molecule has 104 valence electrons. The van der Waals surface area contributed by atoms with Crippen LogP contribution in [0.15, 0.2) is 18.2 Å². The Morgan fingerprint density at radius 1 is 1.39 bits per heavy atom. The molecule has 2 nitrogen and oxygen atoms in total. The Balaban J connectivity index is 0.00000289. The lowest BCUT2D eigenvalue weighted by atomic mass is 9.98. The molecule has 0 amide bonds. The number of benzene rings is 1. The normalized spacial score (nSPS) is 14.8. The van der Waals surface area contributed by atoms with Crippen molar-refractivity contribution in [1.29, 1.82) is 0 Å². The topological polar surface area (TPSA) is 46.2 Å². The van der Waals surface area contributed by atoms with E-state index in [1.165, 1.54) is 0 Å². The molecule has 0 unspecified atom stereocenters. The summed E-state index contributed by atoms with van der Waals surface area (Å²) < 4.78 is 37.5. The average molecular weight is 304 g/mol. The molecule has 2 atom stereocenters. The molecule has 0 heterocycles. The molecule has 3 N–H and O–H groups in total. The highest BCUT2D eigenvalue weighted by Crippen LogP contribution is 2.34. The Labute approximate surface area is 114 Å². The van der Waals surface area contributed by atoms with Gasteiger partial charge in [0.15, 0.2) is 0 Å². The van der Waals surface area contributed by atoms with Crippen LogP contribution in [0.1, 0.15) is 30.5 Å². The molecule has 0 aliphatic heterocycles. The summed E-state index contributed by atoms with van der Waals surface area (Å²) in [6, 6.07) is 1.99. The number of aliphatic hydroxyl groups excluding tert-OH is 1. The second-order valence-corrected chi connectivity index (χ2v) is 4.14. The average Bonchev–Trinajstić information content (AvgIpc) is 2.26. The Morgan fingerprint density at radius 3 is 2.39 bits per heavy atom. The Bertz CT molecular complexity index is 398. The zero-order chi connectivity index (χ0) is 13.2. The fourth-order valence-corrected chi connectivity index (χ4v) is 1.68. The standard InChI is InChI=1S/C11H13ClF3NO.ClH/c1-2-9(17)10(16)7-5-6(11(13,14)15)3-4-8(7)12;/h3-5,9-10,17H,2,16H2,1H3;1H/t9-,10+;/m0./s1. The summed E-state index contributed by atoms with van der Waals surface area (Å²) in [5, 5.41) is 9.66. The van der Waals surface area contributed by atoms with Gasteiger partial charge in [0.25, 0.3) is 0 Å². The minimum Gasteiger partial charge on any atom is -0.391 e. The summed E-state index contributed by atoms with van der Waals surface area (Å²) in [5.74, 6) is 0. The van der Waals surface area contributed by atoms with Gasteiger partial charge in [-0.2, -0.15) is 13.2 Å². The largest absolute Gasteiger partial charge is 0.416 e. The molecule has 0 spiro atoms. The van der Waals surface area contributed by atoms with Crippen molar-refractivity contribution >= 4 is 24.0 Å². The second-order valence-electron chi connectivity index (χ2n) is 3.74. The van der Waals surface area contributed by atoms with Gasteiger partial charge in [-0.25, -0.2) is 0 Å². The Morgan fingerprint density at radius 2 is 1.94 bits per heavy atom. The van der Waals surface area contributed by atoms with Gasteiger partial charge in [0.2, 0.25) is 0 Å². The highest BCUT2D eigenvalue weighted by atomic mass is 35.5. The van der Waals surface area contributed by atoms with Gasteiger partial charge in [0.05, 0.1) is 17.7 Å². The fraction of sp³-hybridized carbons (Fsp3) is 0.455. The first-order chi connectivity index (χ1) is 7.77. The number of hydrogen-bond donors (Lipinski definition) is 2. The van der Waals surface area contributed by atoms with E-state index in [-0.39, 0.29) is 23.0 Å². The minimum atomic E-state index is -4.45. The molecule has 0 aromatic heterocycles. The van der Waals surface area contributed by atoms with E-state index in [0.29, 0.717) is 6.42 Å². The SMILES string of the molecule is CC[C@H](O)[C@H](N)c1cc(C(F)(F)F)ccc1Cl.Cl. The van der Waals surface area contributed by atoms with E-state index in [2.05, 4.69) is 0 Å². The third-order valence-corrected chi connectivity index (χ3v) is 2.86. The van der Waals surface area contributed by atoms with E-state index in [1.807, 2.05) is 0 Å². The number of nitrogens with two attached hydrogens (primary N) is 1. The zero-order valence-corrected chi connectivity index (χ0v) is 11.1. The van der Waals surface area contributed by atoms with Crippen LogP contribution in [0.5, 0.6) is 0 Å². The first-order valence-corrected chi connectivity index (χ1v) is 5.45. The molecular weight excluding hydrogens is 290 g/mol. The van der Waals surface area contributed by atoms with Gasteiger partial charge in [0, 0.05) is 5.02 Å². The van der Waals surface area contributed by atoms with Crippen molar-refractivity contribution in [2.45, 2.75) is 31.7 Å². The van der Waals surface area contributed by atoms with Gasteiger partial charge in [-0.3, -0.25) is 0 Å². The summed E-state index contributed by atoms with van der Waals surface area (Å²) >= 11 is 5.78. The minimum absolute atomic E-state index is 0. The van der Waals surface area contributed by atoms with Crippen LogP contribution in [0.3, 0.4) is 0 Å². The lowest BCUT2D eigenvalue weighted by molar-refractivity contribution is -0.137. The van der Waals surface area contributed by atoms with E-state index in [1.54, 1.807) is 6.92 Å². The molecule has 0 aliphatic rings. The Hall–Kier alpha value is -0.490. The quantitative estimate of drug-likeness (QED) is 0.897. The third-order valence-electron chi connectivity index (χ3n) is 2.52.